The minimum atomic E-state index is 0.888. The van der Waals surface area contributed by atoms with Crippen molar-refractivity contribution in [2.24, 2.45) is 0 Å². The van der Waals surface area contributed by atoms with Gasteiger partial charge >= 0.3 is 0 Å². The standard InChI is InChI=1S/C20H17Br4N5/c21-16-13-9-15(26-20(13)19(24)18(23)17(16)22)28-7-5-27(6-8-28)10-12-11-29-4-2-1-3-14(29)25-12/h1-4,9,11,26H,5-8,10H2. The number of hydrogen-bond acceptors (Lipinski definition) is 3. The molecule has 0 radical (unpaired) electrons. The summed E-state index contributed by atoms with van der Waals surface area (Å²) in [5, 5.41) is 1.16. The fourth-order valence-corrected chi connectivity index (χ4v) is 6.18. The second-order valence-corrected chi connectivity index (χ2v) is 10.3. The molecule has 0 bridgehead atoms. The highest BCUT2D eigenvalue weighted by molar-refractivity contribution is 9.15. The number of hydrogen-bond donors (Lipinski definition) is 1. The van der Waals surface area contributed by atoms with Crippen LogP contribution in [0.3, 0.4) is 0 Å². The van der Waals surface area contributed by atoms with Crippen LogP contribution in [-0.4, -0.2) is 45.4 Å². The average Bonchev–Trinajstić information content (AvgIpc) is 3.35. The zero-order chi connectivity index (χ0) is 20.1. The maximum atomic E-state index is 4.73. The first kappa shape index (κ1) is 20.1. The molecule has 3 aromatic heterocycles. The smallest absolute Gasteiger partial charge is 0.137 e. The Kier molecular flexibility index (Phi) is 5.53. The van der Waals surface area contributed by atoms with Crippen LogP contribution >= 0.6 is 63.7 Å². The monoisotopic (exact) mass is 643 g/mol. The number of rotatable bonds is 3. The molecule has 1 saturated heterocycles. The lowest BCUT2D eigenvalue weighted by molar-refractivity contribution is 0.247. The molecule has 1 aliphatic heterocycles. The lowest BCUT2D eigenvalue weighted by atomic mass is 10.2. The Hall–Kier alpha value is -0.870. The van der Waals surface area contributed by atoms with Gasteiger partial charge in [-0.15, -0.1) is 0 Å². The summed E-state index contributed by atoms with van der Waals surface area (Å²) in [6.07, 6.45) is 4.18. The molecule has 1 aromatic carbocycles. The average molecular weight is 647 g/mol. The van der Waals surface area contributed by atoms with Gasteiger partial charge < -0.3 is 14.3 Å². The zero-order valence-corrected chi connectivity index (χ0v) is 21.6. The topological polar surface area (TPSA) is 39.6 Å². The summed E-state index contributed by atoms with van der Waals surface area (Å²) >= 11 is 14.7. The van der Waals surface area contributed by atoms with E-state index < -0.39 is 0 Å². The van der Waals surface area contributed by atoms with Gasteiger partial charge in [-0.05, 0) is 81.9 Å². The first-order valence-corrected chi connectivity index (χ1v) is 12.4. The minimum absolute atomic E-state index is 0.888. The fraction of sp³-hybridized carbons (Fsp3) is 0.250. The molecule has 5 nitrogen and oxygen atoms in total. The first-order valence-electron chi connectivity index (χ1n) is 9.26. The van der Waals surface area contributed by atoms with Crippen molar-refractivity contribution in [1.29, 1.82) is 0 Å². The van der Waals surface area contributed by atoms with E-state index in [-0.39, 0.29) is 0 Å². The Morgan fingerprint density at radius 1 is 0.931 bits per heavy atom. The summed E-state index contributed by atoms with van der Waals surface area (Å²) < 4.78 is 6.18. The maximum Gasteiger partial charge on any atom is 0.137 e. The van der Waals surface area contributed by atoms with Gasteiger partial charge in [-0.1, -0.05) is 6.07 Å². The van der Waals surface area contributed by atoms with E-state index in [0.717, 1.165) is 78.7 Å². The van der Waals surface area contributed by atoms with Gasteiger partial charge in [0.05, 0.1) is 15.7 Å². The van der Waals surface area contributed by atoms with E-state index in [0.29, 0.717) is 0 Å². The highest BCUT2D eigenvalue weighted by Crippen LogP contribution is 2.44. The first-order chi connectivity index (χ1) is 14.0. The predicted molar refractivity (Wildman–Crippen MR) is 132 cm³/mol. The van der Waals surface area contributed by atoms with Crippen LogP contribution in [0.1, 0.15) is 5.69 Å². The number of aromatic amines is 1. The molecular formula is C20H17Br4N5. The highest BCUT2D eigenvalue weighted by Gasteiger charge is 2.22. The molecule has 0 atom stereocenters. The molecular weight excluding hydrogens is 630 g/mol. The molecule has 0 aliphatic carbocycles. The Morgan fingerprint density at radius 3 is 2.45 bits per heavy atom. The van der Waals surface area contributed by atoms with Gasteiger partial charge in [0.15, 0.2) is 0 Å². The lowest BCUT2D eigenvalue weighted by Crippen LogP contribution is -2.46. The molecule has 0 amide bonds. The van der Waals surface area contributed by atoms with Crippen molar-refractivity contribution < 1.29 is 0 Å². The van der Waals surface area contributed by atoms with E-state index in [1.807, 2.05) is 24.4 Å². The number of pyridine rings is 1. The van der Waals surface area contributed by atoms with Crippen molar-refractivity contribution in [3.63, 3.8) is 0 Å². The molecule has 0 unspecified atom stereocenters. The molecule has 1 aliphatic rings. The zero-order valence-electron chi connectivity index (χ0n) is 15.3. The van der Waals surface area contributed by atoms with Crippen LogP contribution in [0.5, 0.6) is 0 Å². The van der Waals surface area contributed by atoms with Crippen LogP contribution in [0.15, 0.2) is 54.6 Å². The van der Waals surface area contributed by atoms with Gasteiger partial charge in [-0.2, -0.15) is 0 Å². The van der Waals surface area contributed by atoms with Gasteiger partial charge in [0.2, 0.25) is 0 Å². The van der Waals surface area contributed by atoms with Crippen LogP contribution < -0.4 is 4.90 Å². The van der Waals surface area contributed by atoms with Crippen LogP contribution in [0.25, 0.3) is 16.6 Å². The molecule has 29 heavy (non-hydrogen) atoms. The number of anilines is 1. The number of nitrogens with zero attached hydrogens (tertiary/aromatic N) is 4. The number of benzene rings is 1. The third-order valence-electron chi connectivity index (χ3n) is 5.35. The summed E-state index contributed by atoms with van der Waals surface area (Å²) in [7, 11) is 0. The van der Waals surface area contributed by atoms with Crippen molar-refractivity contribution in [3.8, 4) is 0 Å². The molecule has 4 aromatic rings. The van der Waals surface area contributed by atoms with Crippen molar-refractivity contribution >= 4 is 86.1 Å². The van der Waals surface area contributed by atoms with Crippen molar-refractivity contribution in [3.05, 3.63) is 60.2 Å². The summed E-state index contributed by atoms with van der Waals surface area (Å²) in [6.45, 7) is 4.88. The van der Waals surface area contributed by atoms with Crippen molar-refractivity contribution in [2.75, 3.05) is 31.1 Å². The number of fused-ring (bicyclic) bond motifs is 2. The van der Waals surface area contributed by atoms with Crippen LogP contribution in [-0.2, 0) is 6.54 Å². The predicted octanol–water partition coefficient (Wildman–Crippen LogP) is 6.19. The molecule has 1 fully saturated rings. The maximum absolute atomic E-state index is 4.73. The van der Waals surface area contributed by atoms with Gasteiger partial charge in [0, 0.05) is 63.9 Å². The van der Waals surface area contributed by atoms with Gasteiger partial charge in [-0.3, -0.25) is 4.90 Å². The Bertz CT molecular complexity index is 1130. The van der Waals surface area contributed by atoms with E-state index in [1.165, 1.54) is 0 Å². The van der Waals surface area contributed by atoms with E-state index in [2.05, 4.69) is 95.2 Å². The number of imidazole rings is 1. The van der Waals surface area contributed by atoms with Crippen molar-refractivity contribution in [1.82, 2.24) is 19.3 Å². The normalized spacial score (nSPS) is 15.7. The summed E-state index contributed by atoms with van der Waals surface area (Å²) in [5.41, 5.74) is 3.22. The Morgan fingerprint density at radius 2 is 1.69 bits per heavy atom. The number of halogens is 4. The van der Waals surface area contributed by atoms with Gasteiger partial charge in [0.1, 0.15) is 11.5 Å². The van der Waals surface area contributed by atoms with E-state index in [4.69, 9.17) is 4.98 Å². The number of nitrogens with one attached hydrogen (secondary N) is 1. The summed E-state index contributed by atoms with van der Waals surface area (Å²) in [4.78, 5) is 13.2. The van der Waals surface area contributed by atoms with Crippen LogP contribution in [0.4, 0.5) is 5.82 Å². The van der Waals surface area contributed by atoms with E-state index in [1.54, 1.807) is 0 Å². The van der Waals surface area contributed by atoms with Gasteiger partial charge in [-0.25, -0.2) is 4.98 Å². The third kappa shape index (κ3) is 3.69. The number of aromatic nitrogens is 3. The number of H-pyrrole nitrogens is 1. The molecule has 9 heteroatoms. The summed E-state index contributed by atoms with van der Waals surface area (Å²) in [6, 6.07) is 8.33. The van der Waals surface area contributed by atoms with E-state index >= 15 is 0 Å². The van der Waals surface area contributed by atoms with Gasteiger partial charge in [0.25, 0.3) is 0 Å². The van der Waals surface area contributed by atoms with E-state index in [9.17, 15) is 0 Å². The van der Waals surface area contributed by atoms with Crippen molar-refractivity contribution in [2.45, 2.75) is 6.54 Å². The Balaban J connectivity index is 1.31. The fourth-order valence-electron chi connectivity index (χ4n) is 3.82. The SMILES string of the molecule is Brc1c(Br)c(Br)c2[nH]c(N3CCN(Cc4cn5ccccc5n4)CC3)cc2c1Br. The quantitative estimate of drug-likeness (QED) is 0.213. The molecule has 5 rings (SSSR count). The van der Waals surface area contributed by atoms with Crippen LogP contribution in [0.2, 0.25) is 0 Å². The molecule has 4 heterocycles. The second kappa shape index (κ2) is 8.00. The third-order valence-corrected chi connectivity index (χ3v) is 10.1. The second-order valence-electron chi connectivity index (χ2n) is 7.16. The summed E-state index contributed by atoms with van der Waals surface area (Å²) in [5.74, 6) is 1.15. The molecule has 0 spiro atoms. The Labute approximate surface area is 202 Å². The molecule has 1 N–H and O–H groups in total. The number of piperazine rings is 1. The highest BCUT2D eigenvalue weighted by atomic mass is 79.9. The lowest BCUT2D eigenvalue weighted by Gasteiger charge is -2.34. The molecule has 150 valence electrons. The van der Waals surface area contributed by atoms with Crippen LogP contribution in [0, 0.1) is 0 Å². The largest absolute Gasteiger partial charge is 0.356 e. The minimum Gasteiger partial charge on any atom is -0.356 e. The molecule has 0 saturated carbocycles.